The molecule has 0 spiro atoms. The van der Waals surface area contributed by atoms with Gasteiger partial charge in [0.2, 0.25) is 0 Å². The van der Waals surface area contributed by atoms with Gasteiger partial charge in [0.1, 0.15) is 11.8 Å². The van der Waals surface area contributed by atoms with Crippen molar-refractivity contribution in [3.8, 4) is 6.07 Å². The number of nitrogens with zero attached hydrogens (tertiary/aromatic N) is 2. The van der Waals surface area contributed by atoms with E-state index in [9.17, 15) is 13.6 Å². The van der Waals surface area contributed by atoms with Crippen molar-refractivity contribution in [1.29, 1.82) is 5.26 Å². The molecule has 0 aliphatic carbocycles. The molecule has 0 bridgehead atoms. The Balaban J connectivity index is 3.53. The molecule has 1 heterocycles. The summed E-state index contributed by atoms with van der Waals surface area (Å²) in [5, 5.41) is 8.57. The number of hydrogen-bond acceptors (Lipinski definition) is 3. The van der Waals surface area contributed by atoms with E-state index in [1.165, 1.54) is 6.07 Å². The van der Waals surface area contributed by atoms with E-state index in [2.05, 4.69) is 4.98 Å². The van der Waals surface area contributed by atoms with Gasteiger partial charge < -0.3 is 0 Å². The summed E-state index contributed by atoms with van der Waals surface area (Å²) in [6, 6.07) is 1.54. The molecule has 15 heavy (non-hydrogen) atoms. The summed E-state index contributed by atoms with van der Waals surface area (Å²) in [5.41, 5.74) is -1.00. The maximum absolute atomic E-state index is 12.6. The van der Waals surface area contributed by atoms with Crippen LogP contribution in [-0.2, 0) is 5.88 Å². The summed E-state index contributed by atoms with van der Waals surface area (Å²) in [5.74, 6) is -0.259. The molecule has 0 radical (unpaired) electrons. The molecule has 0 unspecified atom stereocenters. The van der Waals surface area contributed by atoms with Crippen molar-refractivity contribution in [2.75, 3.05) is 0 Å². The molecule has 1 aromatic heterocycles. The van der Waals surface area contributed by atoms with Crippen LogP contribution in [0.2, 0.25) is 0 Å². The largest absolute Gasteiger partial charge is 0.298 e. The van der Waals surface area contributed by atoms with Gasteiger partial charge in [-0.05, 0) is 5.56 Å². The number of nitriles is 1. The summed E-state index contributed by atoms with van der Waals surface area (Å²) >= 11 is 5.46. The zero-order valence-electron chi connectivity index (χ0n) is 7.38. The molecule has 6 heteroatoms. The first-order chi connectivity index (χ1) is 7.15. The van der Waals surface area contributed by atoms with Crippen molar-refractivity contribution in [2.24, 2.45) is 0 Å². The highest BCUT2D eigenvalue weighted by Crippen LogP contribution is 2.28. The lowest BCUT2D eigenvalue weighted by Gasteiger charge is -2.09. The van der Waals surface area contributed by atoms with Gasteiger partial charge in [0.05, 0.1) is 5.56 Å². The molecule has 1 rings (SSSR count). The average Bonchev–Trinajstić information content (AvgIpc) is 2.26. The molecule has 0 aromatic carbocycles. The van der Waals surface area contributed by atoms with Crippen molar-refractivity contribution in [3.63, 3.8) is 0 Å². The van der Waals surface area contributed by atoms with Crippen LogP contribution in [0.15, 0.2) is 6.20 Å². The monoisotopic (exact) mass is 230 g/mol. The summed E-state index contributed by atoms with van der Waals surface area (Å²) in [6.07, 6.45) is -1.42. The molecular formula is C9H5ClF2N2O. The van der Waals surface area contributed by atoms with Crippen molar-refractivity contribution < 1.29 is 13.6 Å². The fourth-order valence-electron chi connectivity index (χ4n) is 1.15. The highest BCUT2D eigenvalue weighted by molar-refractivity contribution is 6.17. The lowest BCUT2D eigenvalue weighted by Crippen LogP contribution is -2.04. The number of pyridine rings is 1. The lowest BCUT2D eigenvalue weighted by atomic mass is 10.0. The van der Waals surface area contributed by atoms with Crippen LogP contribution >= 0.6 is 11.6 Å². The van der Waals surface area contributed by atoms with E-state index in [1.54, 1.807) is 0 Å². The van der Waals surface area contributed by atoms with Gasteiger partial charge in [0, 0.05) is 17.6 Å². The molecule has 0 aliphatic heterocycles. The summed E-state index contributed by atoms with van der Waals surface area (Å²) < 4.78 is 25.2. The molecule has 0 aliphatic rings. The minimum absolute atomic E-state index is 0.0145. The Hall–Kier alpha value is -1.54. The Morgan fingerprint density at radius 1 is 1.67 bits per heavy atom. The topological polar surface area (TPSA) is 53.8 Å². The third-order valence-electron chi connectivity index (χ3n) is 1.85. The quantitative estimate of drug-likeness (QED) is 0.592. The summed E-state index contributed by atoms with van der Waals surface area (Å²) in [6.45, 7) is 0. The maximum atomic E-state index is 12.6. The molecule has 3 nitrogen and oxygen atoms in total. The lowest BCUT2D eigenvalue weighted by molar-refractivity contribution is 0.112. The SMILES string of the molecule is N#Cc1ncc(C=O)c(CCl)c1C(F)F. The molecule has 0 saturated carbocycles. The number of rotatable bonds is 3. The molecule has 78 valence electrons. The van der Waals surface area contributed by atoms with Crippen LogP contribution < -0.4 is 0 Å². The molecule has 0 N–H and O–H groups in total. The van der Waals surface area contributed by atoms with E-state index < -0.39 is 17.7 Å². The molecule has 0 atom stereocenters. The molecule has 0 fully saturated rings. The highest BCUT2D eigenvalue weighted by Gasteiger charge is 2.21. The number of carbonyl (C=O) groups excluding carboxylic acids is 1. The minimum atomic E-state index is -2.87. The number of hydrogen-bond donors (Lipinski definition) is 0. The van der Waals surface area contributed by atoms with Gasteiger partial charge in [-0.1, -0.05) is 0 Å². The van der Waals surface area contributed by atoms with Gasteiger partial charge in [0.25, 0.3) is 6.43 Å². The van der Waals surface area contributed by atoms with Gasteiger partial charge in [-0.25, -0.2) is 13.8 Å². The van der Waals surface area contributed by atoms with E-state index in [0.717, 1.165) is 6.20 Å². The average molecular weight is 231 g/mol. The number of alkyl halides is 3. The molecule has 0 saturated heterocycles. The van der Waals surface area contributed by atoms with Gasteiger partial charge in [-0.3, -0.25) is 4.79 Å². The van der Waals surface area contributed by atoms with Crippen LogP contribution in [-0.4, -0.2) is 11.3 Å². The number of aromatic nitrogens is 1. The number of carbonyl (C=O) groups is 1. The van der Waals surface area contributed by atoms with Gasteiger partial charge in [-0.2, -0.15) is 5.26 Å². The minimum Gasteiger partial charge on any atom is -0.298 e. The van der Waals surface area contributed by atoms with Crippen molar-refractivity contribution >= 4 is 17.9 Å². The van der Waals surface area contributed by atoms with Crippen LogP contribution in [0.3, 0.4) is 0 Å². The third kappa shape index (κ3) is 2.10. The fraction of sp³-hybridized carbons (Fsp3) is 0.222. The van der Waals surface area contributed by atoms with Crippen LogP contribution in [0.1, 0.15) is 33.6 Å². The Bertz CT molecular complexity index is 429. The fourth-order valence-corrected chi connectivity index (χ4v) is 1.45. The van der Waals surface area contributed by atoms with Crippen molar-refractivity contribution in [3.05, 3.63) is 28.6 Å². The van der Waals surface area contributed by atoms with E-state index in [4.69, 9.17) is 16.9 Å². The Morgan fingerprint density at radius 2 is 2.33 bits per heavy atom. The second-order valence-corrected chi connectivity index (χ2v) is 2.89. The third-order valence-corrected chi connectivity index (χ3v) is 2.11. The van der Waals surface area contributed by atoms with E-state index in [-0.39, 0.29) is 17.0 Å². The van der Waals surface area contributed by atoms with Crippen LogP contribution in [0.4, 0.5) is 8.78 Å². The summed E-state index contributed by atoms with van der Waals surface area (Å²) in [4.78, 5) is 14.0. The van der Waals surface area contributed by atoms with Gasteiger partial charge in [0.15, 0.2) is 6.29 Å². The number of aldehydes is 1. The second-order valence-electron chi connectivity index (χ2n) is 2.62. The van der Waals surface area contributed by atoms with E-state index in [0.29, 0.717) is 6.29 Å². The number of halogens is 3. The second kappa shape index (κ2) is 4.80. The van der Waals surface area contributed by atoms with Gasteiger partial charge >= 0.3 is 0 Å². The van der Waals surface area contributed by atoms with Crippen LogP contribution in [0.5, 0.6) is 0 Å². The van der Waals surface area contributed by atoms with Crippen LogP contribution in [0, 0.1) is 11.3 Å². The molecular weight excluding hydrogens is 226 g/mol. The van der Waals surface area contributed by atoms with Crippen molar-refractivity contribution in [1.82, 2.24) is 4.98 Å². The first-order valence-corrected chi connectivity index (χ1v) is 4.40. The smallest absolute Gasteiger partial charge is 0.266 e. The first-order valence-electron chi connectivity index (χ1n) is 3.86. The van der Waals surface area contributed by atoms with E-state index in [1.807, 2.05) is 0 Å². The molecule has 0 amide bonds. The zero-order valence-corrected chi connectivity index (χ0v) is 8.13. The maximum Gasteiger partial charge on any atom is 0.266 e. The predicted molar refractivity (Wildman–Crippen MR) is 48.9 cm³/mol. The normalized spacial score (nSPS) is 10.1. The predicted octanol–water partition coefficient (Wildman–Crippen LogP) is 2.44. The van der Waals surface area contributed by atoms with E-state index >= 15 is 0 Å². The Kier molecular flexibility index (Phi) is 3.69. The van der Waals surface area contributed by atoms with Crippen molar-refractivity contribution in [2.45, 2.75) is 12.3 Å². The Labute approximate surface area is 89.3 Å². The highest BCUT2D eigenvalue weighted by atomic mass is 35.5. The zero-order chi connectivity index (χ0) is 11.4. The standard InChI is InChI=1S/C9H5ClF2N2O/c10-1-6-5(4-15)3-14-7(2-13)8(6)9(11)12/h3-4,9H,1H2. The Morgan fingerprint density at radius 3 is 2.73 bits per heavy atom. The van der Waals surface area contributed by atoms with Gasteiger partial charge in [-0.15, -0.1) is 11.6 Å². The van der Waals surface area contributed by atoms with Crippen LogP contribution in [0.25, 0.3) is 0 Å². The summed E-state index contributed by atoms with van der Waals surface area (Å²) in [7, 11) is 0. The first kappa shape index (κ1) is 11.5. The molecule has 1 aromatic rings.